The molecule has 0 aliphatic heterocycles. The van der Waals surface area contributed by atoms with Gasteiger partial charge >= 0.3 is 0 Å². The number of hydrogen-bond donors (Lipinski definition) is 2. The van der Waals surface area contributed by atoms with E-state index in [9.17, 15) is 4.79 Å². The molecular formula is C12H18ClN3O. The van der Waals surface area contributed by atoms with Gasteiger partial charge in [-0.1, -0.05) is 18.5 Å². The van der Waals surface area contributed by atoms with Gasteiger partial charge < -0.3 is 16.0 Å². The molecule has 1 amide bonds. The van der Waals surface area contributed by atoms with Gasteiger partial charge in [-0.3, -0.25) is 4.79 Å². The molecule has 0 radical (unpaired) electrons. The molecule has 1 aromatic carbocycles. The summed E-state index contributed by atoms with van der Waals surface area (Å²) >= 11 is 5.82. The van der Waals surface area contributed by atoms with E-state index in [0.717, 1.165) is 12.1 Å². The van der Waals surface area contributed by atoms with E-state index in [0.29, 0.717) is 17.3 Å². The molecule has 3 N–H and O–H groups in total. The zero-order chi connectivity index (χ0) is 12.8. The molecule has 0 saturated heterocycles. The Morgan fingerprint density at radius 2 is 2.24 bits per heavy atom. The first-order chi connectivity index (χ1) is 8.04. The Hall–Kier alpha value is -1.42. The zero-order valence-corrected chi connectivity index (χ0v) is 10.9. The van der Waals surface area contributed by atoms with Gasteiger partial charge in [0.05, 0.1) is 17.9 Å². The van der Waals surface area contributed by atoms with Gasteiger partial charge in [-0.15, -0.1) is 0 Å². The topological polar surface area (TPSA) is 58.4 Å². The maximum absolute atomic E-state index is 11.5. The fraction of sp³-hybridized carbons (Fsp3) is 0.417. The summed E-state index contributed by atoms with van der Waals surface area (Å²) in [7, 11) is 1.82. The van der Waals surface area contributed by atoms with Crippen molar-refractivity contribution in [3.05, 3.63) is 23.2 Å². The molecule has 0 aromatic heterocycles. The zero-order valence-electron chi connectivity index (χ0n) is 10.2. The lowest BCUT2D eigenvalue weighted by Gasteiger charge is -2.20. The number of nitrogens with zero attached hydrogens (tertiary/aromatic N) is 1. The smallest absolute Gasteiger partial charge is 0.239 e. The third-order valence-corrected chi connectivity index (χ3v) is 2.59. The van der Waals surface area contributed by atoms with Crippen LogP contribution in [0, 0.1) is 0 Å². The lowest BCUT2D eigenvalue weighted by Crippen LogP contribution is -2.35. The van der Waals surface area contributed by atoms with E-state index < -0.39 is 0 Å². The minimum Gasteiger partial charge on any atom is -0.397 e. The molecule has 0 heterocycles. The lowest BCUT2D eigenvalue weighted by molar-refractivity contribution is -0.119. The molecule has 0 aliphatic rings. The first-order valence-corrected chi connectivity index (χ1v) is 5.95. The van der Waals surface area contributed by atoms with Gasteiger partial charge in [0.25, 0.3) is 0 Å². The second kappa shape index (κ2) is 6.35. The van der Waals surface area contributed by atoms with Crippen LogP contribution < -0.4 is 16.0 Å². The van der Waals surface area contributed by atoms with Crippen LogP contribution in [0.5, 0.6) is 0 Å². The average molecular weight is 256 g/mol. The van der Waals surface area contributed by atoms with Crippen molar-refractivity contribution in [3.8, 4) is 0 Å². The van der Waals surface area contributed by atoms with Gasteiger partial charge in [-0.2, -0.15) is 0 Å². The van der Waals surface area contributed by atoms with E-state index in [1.165, 1.54) is 0 Å². The Kier molecular flexibility index (Phi) is 5.10. The monoisotopic (exact) mass is 255 g/mol. The van der Waals surface area contributed by atoms with Crippen LogP contribution in [-0.4, -0.2) is 26.0 Å². The molecular weight excluding hydrogens is 238 g/mol. The maximum atomic E-state index is 11.5. The number of nitrogens with two attached hydrogens (primary N) is 1. The molecule has 0 spiro atoms. The van der Waals surface area contributed by atoms with Crippen LogP contribution in [0.15, 0.2) is 18.2 Å². The Balaban J connectivity index is 2.63. The van der Waals surface area contributed by atoms with Crippen LogP contribution >= 0.6 is 11.6 Å². The van der Waals surface area contributed by atoms with E-state index in [1.54, 1.807) is 17.0 Å². The summed E-state index contributed by atoms with van der Waals surface area (Å²) in [6.07, 6.45) is 0.929. The van der Waals surface area contributed by atoms with Gasteiger partial charge in [0.15, 0.2) is 0 Å². The SMILES string of the molecule is CCCNC(=O)CN(C)c1ccc(Cl)cc1N. The first-order valence-electron chi connectivity index (χ1n) is 5.57. The van der Waals surface area contributed by atoms with Crippen LogP contribution in [0.25, 0.3) is 0 Å². The molecule has 4 nitrogen and oxygen atoms in total. The van der Waals surface area contributed by atoms with Crippen molar-refractivity contribution in [2.75, 3.05) is 30.8 Å². The summed E-state index contributed by atoms with van der Waals surface area (Å²) in [6.45, 7) is 3.00. The summed E-state index contributed by atoms with van der Waals surface area (Å²) in [5.74, 6) is -0.0105. The second-order valence-electron chi connectivity index (χ2n) is 3.91. The van der Waals surface area contributed by atoms with E-state index >= 15 is 0 Å². The Bertz CT molecular complexity index is 395. The number of anilines is 2. The minimum absolute atomic E-state index is 0.0105. The van der Waals surface area contributed by atoms with Crippen molar-refractivity contribution in [2.45, 2.75) is 13.3 Å². The van der Waals surface area contributed by atoms with Crippen molar-refractivity contribution in [3.63, 3.8) is 0 Å². The largest absolute Gasteiger partial charge is 0.397 e. The molecule has 1 aromatic rings. The standard InChI is InChI=1S/C12H18ClN3O/c1-3-6-15-12(17)8-16(2)11-5-4-9(13)7-10(11)14/h4-5,7H,3,6,8,14H2,1-2H3,(H,15,17). The van der Waals surface area contributed by atoms with Crippen molar-refractivity contribution in [2.24, 2.45) is 0 Å². The highest BCUT2D eigenvalue weighted by atomic mass is 35.5. The van der Waals surface area contributed by atoms with E-state index in [2.05, 4.69) is 5.32 Å². The summed E-state index contributed by atoms with van der Waals surface area (Å²) < 4.78 is 0. The number of nitrogens with one attached hydrogen (secondary N) is 1. The molecule has 94 valence electrons. The summed E-state index contributed by atoms with van der Waals surface area (Å²) in [5.41, 5.74) is 7.22. The minimum atomic E-state index is -0.0105. The highest BCUT2D eigenvalue weighted by Gasteiger charge is 2.09. The van der Waals surface area contributed by atoms with Gasteiger partial charge in [-0.05, 0) is 24.6 Å². The maximum Gasteiger partial charge on any atom is 0.239 e. The molecule has 0 atom stereocenters. The normalized spacial score (nSPS) is 10.1. The van der Waals surface area contributed by atoms with Gasteiger partial charge in [0.2, 0.25) is 5.91 Å². The number of nitrogen functional groups attached to an aromatic ring is 1. The Morgan fingerprint density at radius 1 is 1.53 bits per heavy atom. The Labute approximate surface area is 107 Å². The number of benzene rings is 1. The Morgan fingerprint density at radius 3 is 2.82 bits per heavy atom. The van der Waals surface area contributed by atoms with E-state index in [-0.39, 0.29) is 12.5 Å². The number of hydrogen-bond acceptors (Lipinski definition) is 3. The molecule has 1 rings (SSSR count). The first kappa shape index (κ1) is 13.6. The van der Waals surface area contributed by atoms with E-state index in [4.69, 9.17) is 17.3 Å². The molecule has 0 bridgehead atoms. The summed E-state index contributed by atoms with van der Waals surface area (Å²) in [4.78, 5) is 13.3. The number of halogens is 1. The molecule has 0 saturated carbocycles. The lowest BCUT2D eigenvalue weighted by atomic mass is 10.2. The predicted octanol–water partition coefficient (Wildman–Crippen LogP) is 1.88. The summed E-state index contributed by atoms with van der Waals surface area (Å²) in [6, 6.07) is 5.25. The number of rotatable bonds is 5. The van der Waals surface area contributed by atoms with Crippen molar-refractivity contribution in [1.29, 1.82) is 0 Å². The van der Waals surface area contributed by atoms with Gasteiger partial charge in [-0.25, -0.2) is 0 Å². The van der Waals surface area contributed by atoms with Crippen molar-refractivity contribution >= 4 is 28.9 Å². The molecule has 5 heteroatoms. The molecule has 17 heavy (non-hydrogen) atoms. The third-order valence-electron chi connectivity index (χ3n) is 2.35. The van der Waals surface area contributed by atoms with Crippen LogP contribution in [0.1, 0.15) is 13.3 Å². The van der Waals surface area contributed by atoms with Crippen molar-refractivity contribution in [1.82, 2.24) is 5.32 Å². The number of carbonyl (C=O) groups is 1. The van der Waals surface area contributed by atoms with E-state index in [1.807, 2.05) is 20.0 Å². The quantitative estimate of drug-likeness (QED) is 0.790. The fourth-order valence-electron chi connectivity index (χ4n) is 1.49. The molecule has 0 fully saturated rings. The van der Waals surface area contributed by atoms with Crippen LogP contribution in [0.4, 0.5) is 11.4 Å². The average Bonchev–Trinajstić information content (AvgIpc) is 2.26. The molecule has 0 aliphatic carbocycles. The highest BCUT2D eigenvalue weighted by Crippen LogP contribution is 2.25. The van der Waals surface area contributed by atoms with Crippen LogP contribution in [0.2, 0.25) is 5.02 Å². The highest BCUT2D eigenvalue weighted by molar-refractivity contribution is 6.31. The predicted molar refractivity (Wildman–Crippen MR) is 72.4 cm³/mol. The number of carbonyl (C=O) groups excluding carboxylic acids is 1. The van der Waals surface area contributed by atoms with Gasteiger partial charge in [0, 0.05) is 18.6 Å². The van der Waals surface area contributed by atoms with Crippen molar-refractivity contribution < 1.29 is 4.79 Å². The van der Waals surface area contributed by atoms with Crippen LogP contribution in [0.3, 0.4) is 0 Å². The number of likely N-dealkylation sites (N-methyl/N-ethyl adjacent to an activating group) is 1. The fourth-order valence-corrected chi connectivity index (χ4v) is 1.67. The second-order valence-corrected chi connectivity index (χ2v) is 4.35. The summed E-state index contributed by atoms with van der Waals surface area (Å²) in [5, 5.41) is 3.41. The van der Waals surface area contributed by atoms with Gasteiger partial charge in [0.1, 0.15) is 0 Å². The van der Waals surface area contributed by atoms with Crippen LogP contribution in [-0.2, 0) is 4.79 Å². The number of amides is 1. The third kappa shape index (κ3) is 4.15. The molecule has 0 unspecified atom stereocenters.